The first-order chi connectivity index (χ1) is 8.44. The zero-order valence-electron chi connectivity index (χ0n) is 10.9. The fraction of sp³-hybridized carbons (Fsp3) is 0.462. The predicted octanol–water partition coefficient (Wildman–Crippen LogP) is 3.83. The van der Waals surface area contributed by atoms with E-state index in [4.69, 9.17) is 0 Å². The normalized spacial score (nSPS) is 12.0. The Morgan fingerprint density at radius 1 is 1.44 bits per heavy atom. The lowest BCUT2D eigenvalue weighted by Gasteiger charge is -2.19. The van der Waals surface area contributed by atoms with Crippen LogP contribution in [0.5, 0.6) is 0 Å². The van der Waals surface area contributed by atoms with Gasteiger partial charge >= 0.3 is 0 Å². The van der Waals surface area contributed by atoms with E-state index in [0.29, 0.717) is 0 Å². The molecule has 0 aliphatic rings. The van der Waals surface area contributed by atoms with Gasteiger partial charge in [0, 0.05) is 28.4 Å². The molecule has 0 bridgehead atoms. The first kappa shape index (κ1) is 13.8. The third-order valence-electron chi connectivity index (χ3n) is 2.48. The number of nitrogens with one attached hydrogen (secondary N) is 2. The number of halogens is 1. The highest BCUT2D eigenvalue weighted by Crippen LogP contribution is 2.28. The number of hydrogen-bond donors (Lipinski definition) is 2. The summed E-state index contributed by atoms with van der Waals surface area (Å²) in [6.07, 6.45) is 2.83. The van der Waals surface area contributed by atoms with E-state index in [1.807, 2.05) is 6.20 Å². The van der Waals surface area contributed by atoms with Crippen LogP contribution in [-0.4, -0.2) is 22.1 Å². The van der Waals surface area contributed by atoms with Crippen molar-refractivity contribution in [3.63, 3.8) is 0 Å². The third kappa shape index (κ3) is 3.93. The third-order valence-corrected chi connectivity index (χ3v) is 4.20. The Hall–Kier alpha value is -0.650. The van der Waals surface area contributed by atoms with E-state index in [9.17, 15) is 0 Å². The summed E-state index contributed by atoms with van der Waals surface area (Å²) in [5.41, 5.74) is 1.25. The van der Waals surface area contributed by atoms with Crippen LogP contribution in [0.15, 0.2) is 22.1 Å². The largest absolute Gasteiger partial charge is 0.341 e. The van der Waals surface area contributed by atoms with Gasteiger partial charge in [0.25, 0.3) is 0 Å². The molecule has 0 aliphatic heterocycles. The molecule has 0 unspecified atom stereocenters. The summed E-state index contributed by atoms with van der Waals surface area (Å²) in [5, 5.41) is 5.54. The van der Waals surface area contributed by atoms with Crippen LogP contribution in [0.25, 0.3) is 10.6 Å². The van der Waals surface area contributed by atoms with Crippen molar-refractivity contribution < 1.29 is 0 Å². The van der Waals surface area contributed by atoms with Gasteiger partial charge < -0.3 is 10.3 Å². The molecular weight excluding hydrogens is 310 g/mol. The molecule has 2 heterocycles. The van der Waals surface area contributed by atoms with Crippen molar-refractivity contribution in [2.75, 3.05) is 6.54 Å². The number of aromatic amines is 1. The Morgan fingerprint density at radius 2 is 2.22 bits per heavy atom. The maximum Gasteiger partial charge on any atom is 0.107 e. The van der Waals surface area contributed by atoms with Gasteiger partial charge in [-0.15, -0.1) is 11.3 Å². The lowest BCUT2D eigenvalue weighted by molar-refractivity contribution is 0.427. The molecule has 18 heavy (non-hydrogen) atoms. The smallest absolute Gasteiger partial charge is 0.107 e. The Labute approximate surface area is 120 Å². The van der Waals surface area contributed by atoms with Crippen LogP contribution in [0.1, 0.15) is 26.6 Å². The van der Waals surface area contributed by atoms with E-state index in [1.165, 1.54) is 4.88 Å². The molecule has 0 saturated carbocycles. The molecule has 2 aromatic rings. The Bertz CT molecular complexity index is 510. The van der Waals surface area contributed by atoms with Gasteiger partial charge in [0.15, 0.2) is 0 Å². The predicted molar refractivity (Wildman–Crippen MR) is 81.1 cm³/mol. The maximum atomic E-state index is 4.42. The van der Waals surface area contributed by atoms with Gasteiger partial charge in [-0.3, -0.25) is 0 Å². The van der Waals surface area contributed by atoms with Gasteiger partial charge in [0.2, 0.25) is 0 Å². The zero-order chi connectivity index (χ0) is 13.2. The second kappa shape index (κ2) is 5.55. The first-order valence-corrected chi connectivity index (χ1v) is 7.65. The number of rotatable bonds is 4. The van der Waals surface area contributed by atoms with Crippen LogP contribution in [0, 0.1) is 0 Å². The Balaban J connectivity index is 1.94. The van der Waals surface area contributed by atoms with Gasteiger partial charge in [-0.25, -0.2) is 4.98 Å². The molecule has 0 atom stereocenters. The fourth-order valence-corrected chi connectivity index (χ4v) is 3.02. The summed E-state index contributed by atoms with van der Waals surface area (Å²) >= 11 is 5.18. The number of imidazole rings is 1. The van der Waals surface area contributed by atoms with Crippen molar-refractivity contribution in [1.82, 2.24) is 15.3 Å². The average Bonchev–Trinajstić information content (AvgIpc) is 2.85. The standard InChI is InChI=1S/C13H18BrN3S/c1-13(2,3)16-5-4-12-15-7-10(17-12)11-6-9(14)8-18-11/h6-8,16H,4-5H2,1-3H3,(H,15,17). The van der Waals surface area contributed by atoms with Gasteiger partial charge in [-0.2, -0.15) is 0 Å². The van der Waals surface area contributed by atoms with Gasteiger partial charge in [0.05, 0.1) is 16.8 Å². The second-order valence-electron chi connectivity index (χ2n) is 5.30. The van der Waals surface area contributed by atoms with Crippen molar-refractivity contribution in [3.05, 3.63) is 27.9 Å². The van der Waals surface area contributed by atoms with Gasteiger partial charge in [0.1, 0.15) is 5.82 Å². The van der Waals surface area contributed by atoms with E-state index in [-0.39, 0.29) is 5.54 Å². The monoisotopic (exact) mass is 327 g/mol. The minimum Gasteiger partial charge on any atom is -0.341 e. The summed E-state index contributed by atoms with van der Waals surface area (Å²) in [6.45, 7) is 7.45. The van der Waals surface area contributed by atoms with Crippen LogP contribution in [-0.2, 0) is 6.42 Å². The molecule has 0 radical (unpaired) electrons. The lowest BCUT2D eigenvalue weighted by atomic mass is 10.1. The molecule has 2 rings (SSSR count). The van der Waals surface area contributed by atoms with Crippen molar-refractivity contribution in [1.29, 1.82) is 0 Å². The molecule has 0 aromatic carbocycles. The van der Waals surface area contributed by atoms with Crippen molar-refractivity contribution in [3.8, 4) is 10.6 Å². The summed E-state index contributed by atoms with van der Waals surface area (Å²) in [4.78, 5) is 9.00. The van der Waals surface area contributed by atoms with E-state index in [1.54, 1.807) is 11.3 Å². The molecule has 0 spiro atoms. The molecule has 5 heteroatoms. The van der Waals surface area contributed by atoms with Gasteiger partial charge in [-0.05, 0) is 42.8 Å². The van der Waals surface area contributed by atoms with Crippen LogP contribution < -0.4 is 5.32 Å². The summed E-state index contributed by atoms with van der Waals surface area (Å²) in [7, 11) is 0. The van der Waals surface area contributed by atoms with E-state index in [0.717, 1.165) is 29.0 Å². The molecule has 0 aliphatic carbocycles. The van der Waals surface area contributed by atoms with E-state index in [2.05, 4.69) is 63.4 Å². The zero-order valence-corrected chi connectivity index (χ0v) is 13.3. The Kier molecular flexibility index (Phi) is 4.25. The van der Waals surface area contributed by atoms with Crippen LogP contribution in [0.2, 0.25) is 0 Å². The quantitative estimate of drug-likeness (QED) is 0.895. The average molecular weight is 328 g/mol. The van der Waals surface area contributed by atoms with E-state index >= 15 is 0 Å². The molecule has 2 aromatic heterocycles. The summed E-state index contributed by atoms with van der Waals surface area (Å²) < 4.78 is 1.12. The van der Waals surface area contributed by atoms with Gasteiger partial charge in [-0.1, -0.05) is 0 Å². The fourth-order valence-electron chi connectivity index (χ4n) is 1.62. The first-order valence-electron chi connectivity index (χ1n) is 5.97. The highest BCUT2D eigenvalue weighted by atomic mass is 79.9. The number of nitrogens with zero attached hydrogens (tertiary/aromatic N) is 1. The summed E-state index contributed by atoms with van der Waals surface area (Å²) in [5.74, 6) is 1.03. The highest BCUT2D eigenvalue weighted by molar-refractivity contribution is 9.10. The van der Waals surface area contributed by atoms with Crippen LogP contribution in [0.3, 0.4) is 0 Å². The topological polar surface area (TPSA) is 40.7 Å². The summed E-state index contributed by atoms with van der Waals surface area (Å²) in [6, 6.07) is 2.11. The minimum atomic E-state index is 0.161. The van der Waals surface area contributed by atoms with Crippen molar-refractivity contribution in [2.45, 2.75) is 32.7 Å². The maximum absolute atomic E-state index is 4.42. The molecule has 0 fully saturated rings. The second-order valence-corrected chi connectivity index (χ2v) is 7.13. The molecule has 3 nitrogen and oxygen atoms in total. The van der Waals surface area contributed by atoms with Crippen molar-refractivity contribution in [2.24, 2.45) is 0 Å². The Morgan fingerprint density at radius 3 is 2.83 bits per heavy atom. The molecular formula is C13H18BrN3S. The highest BCUT2D eigenvalue weighted by Gasteiger charge is 2.09. The number of hydrogen-bond acceptors (Lipinski definition) is 3. The SMILES string of the molecule is CC(C)(C)NCCc1ncc(-c2cc(Br)cs2)[nH]1. The number of thiophene rings is 1. The number of H-pyrrole nitrogens is 1. The minimum absolute atomic E-state index is 0.161. The van der Waals surface area contributed by atoms with Crippen molar-refractivity contribution >= 4 is 27.3 Å². The molecule has 2 N–H and O–H groups in total. The van der Waals surface area contributed by atoms with E-state index < -0.39 is 0 Å². The molecule has 98 valence electrons. The lowest BCUT2D eigenvalue weighted by Crippen LogP contribution is -2.37. The molecule has 0 saturated heterocycles. The molecule has 0 amide bonds. The van der Waals surface area contributed by atoms with Crippen LogP contribution >= 0.6 is 27.3 Å². The number of aromatic nitrogens is 2. The van der Waals surface area contributed by atoms with Crippen LogP contribution in [0.4, 0.5) is 0 Å².